The quantitative estimate of drug-likeness (QED) is 0.414. The Bertz CT molecular complexity index is 1390. The maximum Gasteiger partial charge on any atom is 0.416 e. The van der Waals surface area contributed by atoms with Gasteiger partial charge in [-0.1, -0.05) is 11.6 Å². The van der Waals surface area contributed by atoms with Gasteiger partial charge in [0.15, 0.2) is 5.82 Å². The van der Waals surface area contributed by atoms with Gasteiger partial charge in [-0.05, 0) is 57.5 Å². The molecule has 1 aromatic carbocycles. The number of benzene rings is 1. The van der Waals surface area contributed by atoms with Crippen LogP contribution >= 0.6 is 11.6 Å². The van der Waals surface area contributed by atoms with Crippen LogP contribution in [0.15, 0.2) is 42.6 Å². The van der Waals surface area contributed by atoms with E-state index in [4.69, 9.17) is 11.6 Å². The average molecular weight is 567 g/mol. The molecule has 3 heterocycles. The van der Waals surface area contributed by atoms with Crippen molar-refractivity contribution in [3.63, 3.8) is 0 Å². The van der Waals surface area contributed by atoms with Crippen LogP contribution in [-0.4, -0.2) is 45.2 Å². The van der Waals surface area contributed by atoms with Crippen molar-refractivity contribution in [2.24, 2.45) is 13.0 Å². The van der Waals surface area contributed by atoms with Gasteiger partial charge in [-0.3, -0.25) is 14.3 Å². The van der Waals surface area contributed by atoms with Crippen LogP contribution in [0.5, 0.6) is 0 Å². The molecule has 8 nitrogen and oxygen atoms in total. The van der Waals surface area contributed by atoms with Gasteiger partial charge in [-0.15, -0.1) is 0 Å². The summed E-state index contributed by atoms with van der Waals surface area (Å²) in [5.74, 6) is -2.11. The van der Waals surface area contributed by atoms with Gasteiger partial charge in [0.05, 0.1) is 16.5 Å². The first-order chi connectivity index (χ1) is 18.2. The lowest BCUT2D eigenvalue weighted by molar-refractivity contribution is -0.137. The van der Waals surface area contributed by atoms with Crippen molar-refractivity contribution in [3.05, 3.63) is 64.7 Å². The third-order valence-corrected chi connectivity index (χ3v) is 6.71. The fourth-order valence-electron chi connectivity index (χ4n) is 4.66. The smallest absolute Gasteiger partial charge is 0.344 e. The number of alkyl halides is 3. The minimum Gasteiger partial charge on any atom is -0.344 e. The molecule has 1 N–H and O–H groups in total. The van der Waals surface area contributed by atoms with E-state index in [9.17, 15) is 27.2 Å². The molecule has 0 spiro atoms. The predicted molar refractivity (Wildman–Crippen MR) is 139 cm³/mol. The van der Waals surface area contributed by atoms with Crippen molar-refractivity contribution in [2.75, 3.05) is 21.7 Å². The molecule has 1 fully saturated rings. The minimum absolute atomic E-state index is 0.00657. The van der Waals surface area contributed by atoms with Gasteiger partial charge in [-0.2, -0.15) is 18.3 Å². The number of hydrogen-bond donors (Lipinski definition) is 1. The largest absolute Gasteiger partial charge is 0.416 e. The zero-order valence-electron chi connectivity index (χ0n) is 21.6. The van der Waals surface area contributed by atoms with Crippen molar-refractivity contribution in [1.29, 1.82) is 0 Å². The highest BCUT2D eigenvalue weighted by Gasteiger charge is 2.44. The molecule has 2 amide bonds. The van der Waals surface area contributed by atoms with Crippen molar-refractivity contribution in [1.82, 2.24) is 14.8 Å². The van der Waals surface area contributed by atoms with Crippen molar-refractivity contribution < 1.29 is 27.2 Å². The maximum atomic E-state index is 14.0. The lowest BCUT2D eigenvalue weighted by atomic mass is 10.0. The molecular formula is C26H27ClF4N6O2. The van der Waals surface area contributed by atoms with Crippen LogP contribution in [0, 0.1) is 18.7 Å². The van der Waals surface area contributed by atoms with E-state index in [0.717, 1.165) is 18.2 Å². The van der Waals surface area contributed by atoms with E-state index in [-0.39, 0.29) is 29.5 Å². The Morgan fingerprint density at radius 3 is 2.49 bits per heavy atom. The van der Waals surface area contributed by atoms with Crippen LogP contribution in [-0.2, 0) is 22.8 Å². The number of hydrogen-bond acceptors (Lipinski definition) is 5. The second-order valence-corrected chi connectivity index (χ2v) is 10.1. The topological polar surface area (TPSA) is 83.4 Å². The van der Waals surface area contributed by atoms with E-state index in [0.29, 0.717) is 11.5 Å². The zero-order chi connectivity index (χ0) is 28.6. The number of pyridine rings is 1. The first kappa shape index (κ1) is 28.3. The number of nitrogens with zero attached hydrogens (tertiary/aromatic N) is 5. The van der Waals surface area contributed by atoms with Gasteiger partial charge in [0.1, 0.15) is 17.7 Å². The first-order valence-electron chi connectivity index (χ1n) is 12.2. The van der Waals surface area contributed by atoms with Gasteiger partial charge in [-0.25, -0.2) is 9.37 Å². The van der Waals surface area contributed by atoms with E-state index >= 15 is 0 Å². The second-order valence-electron chi connectivity index (χ2n) is 9.72. The standard InChI is InChI=1S/C26H27ClF4N6O2/c1-14(2)37(18-5-6-20(28)19(27)12-18)25(39)21-10-16(24(38)33-22-7-8-35(4)34-22)13-36(21)23-11-17(26(29,30)31)9-15(3)32-23/h5-9,11-12,14,16,21H,10,13H2,1-4H3,(H,33,34,38)/t16-,21-/m0/s1. The third kappa shape index (κ3) is 6.16. The van der Waals surface area contributed by atoms with E-state index in [1.807, 2.05) is 0 Å². The highest BCUT2D eigenvalue weighted by molar-refractivity contribution is 6.31. The summed E-state index contributed by atoms with van der Waals surface area (Å²) in [5.41, 5.74) is -0.488. The maximum absolute atomic E-state index is 14.0. The minimum atomic E-state index is -4.63. The number of halogens is 5. The molecule has 208 valence electrons. The average Bonchev–Trinajstić information content (AvgIpc) is 3.47. The van der Waals surface area contributed by atoms with Crippen LogP contribution < -0.4 is 15.1 Å². The Kier molecular flexibility index (Phi) is 7.87. The van der Waals surface area contributed by atoms with Gasteiger partial charge in [0.25, 0.3) is 0 Å². The van der Waals surface area contributed by atoms with Gasteiger partial charge in [0, 0.05) is 43.3 Å². The Labute approximate surface area is 227 Å². The molecule has 13 heteroatoms. The molecule has 2 aromatic heterocycles. The molecule has 0 unspecified atom stereocenters. The fourth-order valence-corrected chi connectivity index (χ4v) is 4.84. The van der Waals surface area contributed by atoms with E-state index in [1.165, 1.54) is 33.5 Å². The number of anilines is 3. The molecule has 1 aliphatic heterocycles. The Hall–Kier alpha value is -3.67. The molecule has 4 rings (SSSR count). The van der Waals surface area contributed by atoms with Crippen LogP contribution in [0.25, 0.3) is 0 Å². The Balaban J connectivity index is 1.73. The van der Waals surface area contributed by atoms with Crippen LogP contribution in [0.1, 0.15) is 31.5 Å². The number of rotatable bonds is 6. The van der Waals surface area contributed by atoms with Crippen molar-refractivity contribution in [2.45, 2.75) is 45.5 Å². The normalized spacial score (nSPS) is 17.5. The molecule has 1 aliphatic rings. The zero-order valence-corrected chi connectivity index (χ0v) is 22.4. The molecule has 3 aromatic rings. The summed E-state index contributed by atoms with van der Waals surface area (Å²) >= 11 is 5.97. The Morgan fingerprint density at radius 1 is 1.18 bits per heavy atom. The summed E-state index contributed by atoms with van der Waals surface area (Å²) in [7, 11) is 1.69. The number of aromatic nitrogens is 3. The third-order valence-electron chi connectivity index (χ3n) is 6.42. The summed E-state index contributed by atoms with van der Waals surface area (Å²) in [4.78, 5) is 34.3. The molecule has 39 heavy (non-hydrogen) atoms. The van der Waals surface area contributed by atoms with Gasteiger partial charge in [0.2, 0.25) is 11.8 Å². The number of carbonyl (C=O) groups excluding carboxylic acids is 2. The lowest BCUT2D eigenvalue weighted by Crippen LogP contribution is -2.49. The molecule has 0 saturated carbocycles. The molecule has 0 aliphatic carbocycles. The summed E-state index contributed by atoms with van der Waals surface area (Å²) in [5, 5.41) is 6.64. The van der Waals surface area contributed by atoms with E-state index in [2.05, 4.69) is 15.4 Å². The second kappa shape index (κ2) is 10.8. The number of nitrogens with one attached hydrogen (secondary N) is 1. The Morgan fingerprint density at radius 2 is 1.90 bits per heavy atom. The number of aryl methyl sites for hydroxylation is 2. The molecule has 2 atom stereocenters. The van der Waals surface area contributed by atoms with Crippen molar-refractivity contribution in [3.8, 4) is 0 Å². The molecule has 1 saturated heterocycles. The molecule has 0 radical (unpaired) electrons. The van der Waals surface area contributed by atoms with Gasteiger partial charge >= 0.3 is 6.18 Å². The predicted octanol–water partition coefficient (Wildman–Crippen LogP) is 5.21. The van der Waals surface area contributed by atoms with Crippen LogP contribution in [0.3, 0.4) is 0 Å². The highest BCUT2D eigenvalue weighted by Crippen LogP contribution is 2.36. The molecular weight excluding hydrogens is 540 g/mol. The van der Waals surface area contributed by atoms with E-state index < -0.39 is 47.4 Å². The van der Waals surface area contributed by atoms with Gasteiger partial charge < -0.3 is 15.1 Å². The SMILES string of the molecule is Cc1cc(C(F)(F)F)cc(N2C[C@@H](C(=O)Nc3ccn(C)n3)C[C@H]2C(=O)N(c2ccc(F)c(Cl)c2)C(C)C)n1. The summed E-state index contributed by atoms with van der Waals surface area (Å²) < 4.78 is 56.2. The molecule has 0 bridgehead atoms. The van der Waals surface area contributed by atoms with Crippen molar-refractivity contribution >= 4 is 40.7 Å². The monoisotopic (exact) mass is 566 g/mol. The summed E-state index contributed by atoms with van der Waals surface area (Å²) in [6.07, 6.45) is -2.98. The van der Waals surface area contributed by atoms with Crippen LogP contribution in [0.2, 0.25) is 5.02 Å². The lowest BCUT2D eigenvalue weighted by Gasteiger charge is -2.33. The summed E-state index contributed by atoms with van der Waals surface area (Å²) in [6, 6.07) is 5.79. The van der Waals surface area contributed by atoms with E-state index in [1.54, 1.807) is 33.2 Å². The highest BCUT2D eigenvalue weighted by atomic mass is 35.5. The number of carbonyl (C=O) groups is 2. The fraction of sp³-hybridized carbons (Fsp3) is 0.385. The summed E-state index contributed by atoms with van der Waals surface area (Å²) in [6.45, 7) is 4.86. The van der Waals surface area contributed by atoms with Crippen LogP contribution in [0.4, 0.5) is 34.9 Å². The first-order valence-corrected chi connectivity index (χ1v) is 12.5. The number of amides is 2.